The summed E-state index contributed by atoms with van der Waals surface area (Å²) in [7, 11) is 0. The average molecular weight is 465 g/mol. The summed E-state index contributed by atoms with van der Waals surface area (Å²) >= 11 is 0. The highest BCUT2D eigenvalue weighted by molar-refractivity contribution is 5.77. The number of carbonyl (C=O) groups excluding carboxylic acids is 2. The molecule has 0 radical (unpaired) electrons. The third kappa shape index (κ3) is 12.8. The molecule has 0 fully saturated rings. The zero-order valence-corrected chi connectivity index (χ0v) is 21.4. The normalized spacial score (nSPS) is 11.9. The van der Waals surface area contributed by atoms with Gasteiger partial charge in [-0.3, -0.25) is 9.59 Å². The van der Waals surface area contributed by atoms with Crippen LogP contribution in [0.25, 0.3) is 0 Å². The molecule has 2 amide bonds. The van der Waals surface area contributed by atoms with Crippen molar-refractivity contribution in [2.24, 2.45) is 10.8 Å². The van der Waals surface area contributed by atoms with Crippen molar-refractivity contribution >= 4 is 11.8 Å². The van der Waals surface area contributed by atoms with Crippen molar-refractivity contribution in [1.82, 2.24) is 10.6 Å². The minimum absolute atomic E-state index is 0.00492. The highest BCUT2D eigenvalue weighted by Gasteiger charge is 2.32. The van der Waals surface area contributed by atoms with E-state index in [0.717, 1.165) is 17.5 Å². The van der Waals surface area contributed by atoms with Gasteiger partial charge in [0.15, 0.2) is 0 Å². The summed E-state index contributed by atoms with van der Waals surface area (Å²) in [5, 5.41) is 5.83. The van der Waals surface area contributed by atoms with E-state index in [-0.39, 0.29) is 29.3 Å². The standard InChI is InChI=1S/C26H44N2O5/c1-7-31-14-15-32-16-17-33-20-24(30)28-19-22-10-8-21(9-11-22)18-27-23(29)12-13-26(5,6)25(2,3)4/h8-11H,7,12-20H2,1-6H3,(H,27,29)(H,28,30). The number of amides is 2. The van der Waals surface area contributed by atoms with Crippen molar-refractivity contribution in [2.75, 3.05) is 39.6 Å². The molecular weight excluding hydrogens is 420 g/mol. The van der Waals surface area contributed by atoms with Gasteiger partial charge >= 0.3 is 0 Å². The minimum atomic E-state index is -0.168. The van der Waals surface area contributed by atoms with Gasteiger partial charge in [0.25, 0.3) is 0 Å². The predicted octanol–water partition coefficient (Wildman–Crippen LogP) is 3.84. The largest absolute Gasteiger partial charge is 0.379 e. The Labute approximate surface area is 199 Å². The highest BCUT2D eigenvalue weighted by Crippen LogP contribution is 2.41. The van der Waals surface area contributed by atoms with Crippen molar-refractivity contribution < 1.29 is 23.8 Å². The van der Waals surface area contributed by atoms with Crippen molar-refractivity contribution in [2.45, 2.75) is 67.5 Å². The molecule has 33 heavy (non-hydrogen) atoms. The number of hydrogen-bond acceptors (Lipinski definition) is 5. The van der Waals surface area contributed by atoms with Crippen LogP contribution in [0.15, 0.2) is 24.3 Å². The maximum atomic E-state index is 12.2. The molecular formula is C26H44N2O5. The van der Waals surface area contributed by atoms with Crippen molar-refractivity contribution in [3.05, 3.63) is 35.4 Å². The maximum Gasteiger partial charge on any atom is 0.246 e. The number of nitrogens with one attached hydrogen (secondary N) is 2. The Bertz CT molecular complexity index is 696. The molecule has 0 aliphatic carbocycles. The molecule has 0 aromatic heterocycles. The molecule has 0 unspecified atom stereocenters. The fraction of sp³-hybridized carbons (Fsp3) is 0.692. The average Bonchev–Trinajstić information content (AvgIpc) is 2.76. The summed E-state index contributed by atoms with van der Waals surface area (Å²) < 4.78 is 15.8. The fourth-order valence-corrected chi connectivity index (χ4v) is 2.76. The number of ether oxygens (including phenoxy) is 3. The van der Waals surface area contributed by atoms with Crippen LogP contribution in [0.1, 0.15) is 65.5 Å². The van der Waals surface area contributed by atoms with Crippen LogP contribution in [0.2, 0.25) is 0 Å². The molecule has 0 spiro atoms. The Hall–Kier alpha value is -1.96. The van der Waals surface area contributed by atoms with Gasteiger partial charge in [0.1, 0.15) is 6.61 Å². The molecule has 0 saturated carbocycles. The number of rotatable bonds is 16. The molecule has 1 rings (SSSR count). The second-order valence-electron chi connectivity index (χ2n) is 9.87. The van der Waals surface area contributed by atoms with E-state index in [9.17, 15) is 9.59 Å². The summed E-state index contributed by atoms with van der Waals surface area (Å²) in [6, 6.07) is 7.85. The van der Waals surface area contributed by atoms with E-state index in [1.54, 1.807) is 0 Å². The Morgan fingerprint density at radius 2 is 1.24 bits per heavy atom. The lowest BCUT2D eigenvalue weighted by Gasteiger charge is -2.38. The second-order valence-corrected chi connectivity index (χ2v) is 9.87. The summed E-state index contributed by atoms with van der Waals surface area (Å²) in [5.41, 5.74) is 2.27. The molecule has 0 aliphatic heterocycles. The van der Waals surface area contributed by atoms with Gasteiger partial charge in [0.2, 0.25) is 11.8 Å². The van der Waals surface area contributed by atoms with E-state index >= 15 is 0 Å². The van der Waals surface area contributed by atoms with Crippen LogP contribution in [0.5, 0.6) is 0 Å². The zero-order valence-electron chi connectivity index (χ0n) is 21.4. The first-order valence-electron chi connectivity index (χ1n) is 11.9. The van der Waals surface area contributed by atoms with Gasteiger partial charge in [-0.25, -0.2) is 0 Å². The lowest BCUT2D eigenvalue weighted by atomic mass is 9.67. The topological polar surface area (TPSA) is 85.9 Å². The molecule has 7 heteroatoms. The number of benzene rings is 1. The van der Waals surface area contributed by atoms with E-state index in [1.165, 1.54) is 0 Å². The third-order valence-electron chi connectivity index (χ3n) is 6.19. The monoisotopic (exact) mass is 464 g/mol. The number of carbonyl (C=O) groups is 2. The van der Waals surface area contributed by atoms with Gasteiger partial charge in [-0.15, -0.1) is 0 Å². The molecule has 188 valence electrons. The van der Waals surface area contributed by atoms with E-state index in [4.69, 9.17) is 14.2 Å². The molecule has 1 aromatic carbocycles. The van der Waals surface area contributed by atoms with Crippen LogP contribution in [0.3, 0.4) is 0 Å². The van der Waals surface area contributed by atoms with Gasteiger partial charge < -0.3 is 24.8 Å². The molecule has 0 atom stereocenters. The first-order valence-corrected chi connectivity index (χ1v) is 11.9. The lowest BCUT2D eigenvalue weighted by Crippen LogP contribution is -2.32. The van der Waals surface area contributed by atoms with Gasteiger partial charge in [-0.1, -0.05) is 58.9 Å². The summed E-state index contributed by atoms with van der Waals surface area (Å²) in [4.78, 5) is 24.1. The Balaban J connectivity index is 2.21. The van der Waals surface area contributed by atoms with Crippen LogP contribution in [-0.4, -0.2) is 51.5 Å². The van der Waals surface area contributed by atoms with E-state index < -0.39 is 0 Å². The van der Waals surface area contributed by atoms with Gasteiger partial charge in [0, 0.05) is 26.1 Å². The van der Waals surface area contributed by atoms with Crippen LogP contribution in [-0.2, 0) is 36.9 Å². The lowest BCUT2D eigenvalue weighted by molar-refractivity contribution is -0.126. The van der Waals surface area contributed by atoms with Crippen molar-refractivity contribution in [1.29, 1.82) is 0 Å². The van der Waals surface area contributed by atoms with Crippen molar-refractivity contribution in [3.63, 3.8) is 0 Å². The molecule has 0 heterocycles. The third-order valence-corrected chi connectivity index (χ3v) is 6.19. The molecule has 0 saturated heterocycles. The van der Waals surface area contributed by atoms with Crippen molar-refractivity contribution in [3.8, 4) is 0 Å². The smallest absolute Gasteiger partial charge is 0.246 e. The summed E-state index contributed by atoms with van der Waals surface area (Å²) in [6.07, 6.45) is 1.38. The van der Waals surface area contributed by atoms with Gasteiger partial charge in [0.05, 0.1) is 26.4 Å². The van der Waals surface area contributed by atoms with E-state index in [1.807, 2.05) is 31.2 Å². The number of hydrogen-bond donors (Lipinski definition) is 2. The molecule has 2 N–H and O–H groups in total. The molecule has 7 nitrogen and oxygen atoms in total. The Kier molecular flexibility index (Phi) is 13.3. The zero-order chi connectivity index (χ0) is 24.7. The fourth-order valence-electron chi connectivity index (χ4n) is 2.76. The van der Waals surface area contributed by atoms with Gasteiger partial charge in [-0.05, 0) is 35.3 Å². The van der Waals surface area contributed by atoms with E-state index in [0.29, 0.717) is 52.5 Å². The molecule has 0 bridgehead atoms. The quantitative estimate of drug-likeness (QED) is 0.363. The predicted molar refractivity (Wildman–Crippen MR) is 131 cm³/mol. The SMILES string of the molecule is CCOCCOCCOCC(=O)NCc1ccc(CNC(=O)CCC(C)(C)C(C)(C)C)cc1. The minimum Gasteiger partial charge on any atom is -0.379 e. The van der Waals surface area contributed by atoms with E-state index in [2.05, 4.69) is 45.3 Å². The van der Waals surface area contributed by atoms with Crippen LogP contribution in [0.4, 0.5) is 0 Å². The maximum absolute atomic E-state index is 12.2. The highest BCUT2D eigenvalue weighted by atomic mass is 16.5. The van der Waals surface area contributed by atoms with Crippen LogP contribution < -0.4 is 10.6 Å². The van der Waals surface area contributed by atoms with Gasteiger partial charge in [-0.2, -0.15) is 0 Å². The molecule has 0 aliphatic rings. The van der Waals surface area contributed by atoms with Crippen LogP contribution >= 0.6 is 0 Å². The second kappa shape index (κ2) is 15.0. The first-order chi connectivity index (χ1) is 15.5. The van der Waals surface area contributed by atoms with Crippen LogP contribution in [0, 0.1) is 10.8 Å². The molecule has 1 aromatic rings. The first kappa shape index (κ1) is 29.1. The Morgan fingerprint density at radius 3 is 1.76 bits per heavy atom. The Morgan fingerprint density at radius 1 is 0.758 bits per heavy atom. The summed E-state index contributed by atoms with van der Waals surface area (Å²) in [5.74, 6) is -0.0952. The summed E-state index contributed by atoms with van der Waals surface area (Å²) in [6.45, 7) is 16.5.